The van der Waals surface area contributed by atoms with Crippen LogP contribution in [0.4, 0.5) is 0 Å². The predicted octanol–water partition coefficient (Wildman–Crippen LogP) is 1.41. The molecule has 0 fully saturated rings. The molecule has 5 heteroatoms. The van der Waals surface area contributed by atoms with Gasteiger partial charge in [-0.1, -0.05) is 0 Å². The van der Waals surface area contributed by atoms with Crippen LogP contribution in [0.15, 0.2) is 24.3 Å². The second-order valence-corrected chi connectivity index (χ2v) is 3.24. The number of fused-ring (bicyclic) bond motifs is 1. The van der Waals surface area contributed by atoms with Gasteiger partial charge in [0.1, 0.15) is 12.9 Å². The molecule has 0 aliphatic heterocycles. The van der Waals surface area contributed by atoms with Crippen molar-refractivity contribution < 1.29 is 19.5 Å². The average Bonchev–Trinajstić information content (AvgIpc) is 2.66. The van der Waals surface area contributed by atoms with Gasteiger partial charge in [-0.2, -0.15) is 4.73 Å². The van der Waals surface area contributed by atoms with Crippen molar-refractivity contribution >= 4 is 16.9 Å². The van der Waals surface area contributed by atoms with Crippen LogP contribution in [0, 0.1) is 0 Å². The van der Waals surface area contributed by atoms with E-state index in [9.17, 15) is 4.79 Å². The summed E-state index contributed by atoms with van der Waals surface area (Å²) in [6, 6.07) is 6.84. The van der Waals surface area contributed by atoms with Gasteiger partial charge in [-0.15, -0.1) is 0 Å². The molecule has 0 atom stereocenters. The molecule has 5 nitrogen and oxygen atoms in total. The molecule has 2 rings (SSSR count). The molecular weight excluding hydrogens is 210 g/mol. The zero-order valence-electron chi connectivity index (χ0n) is 8.93. The predicted molar refractivity (Wildman–Crippen MR) is 58.0 cm³/mol. The first-order valence-electron chi connectivity index (χ1n) is 4.64. The number of hydrogen-bond acceptors (Lipinski definition) is 3. The summed E-state index contributed by atoms with van der Waals surface area (Å²) in [5.41, 5.74) is 0.755. The first-order valence-corrected chi connectivity index (χ1v) is 4.64. The van der Waals surface area contributed by atoms with Crippen LogP contribution in [0.25, 0.3) is 10.9 Å². The molecule has 84 valence electrons. The van der Waals surface area contributed by atoms with Gasteiger partial charge < -0.3 is 14.7 Å². The molecule has 0 bridgehead atoms. The summed E-state index contributed by atoms with van der Waals surface area (Å²) < 4.78 is 6.34. The van der Waals surface area contributed by atoms with Crippen LogP contribution in [0.5, 0.6) is 5.75 Å². The Bertz CT molecular complexity index is 544. The number of aromatic nitrogens is 1. The van der Waals surface area contributed by atoms with Crippen molar-refractivity contribution in [2.75, 3.05) is 14.2 Å². The zero-order chi connectivity index (χ0) is 11.7. The van der Waals surface area contributed by atoms with E-state index in [1.165, 1.54) is 11.8 Å². The van der Waals surface area contributed by atoms with Crippen molar-refractivity contribution in [1.82, 2.24) is 4.73 Å². The van der Waals surface area contributed by atoms with E-state index in [2.05, 4.69) is 0 Å². The van der Waals surface area contributed by atoms with Crippen LogP contribution in [0.1, 0.15) is 10.5 Å². The molecule has 0 saturated carbocycles. The van der Waals surface area contributed by atoms with Crippen LogP contribution in [-0.2, 0) is 0 Å². The van der Waals surface area contributed by atoms with E-state index in [-0.39, 0.29) is 5.69 Å². The second kappa shape index (κ2) is 3.77. The fourth-order valence-corrected chi connectivity index (χ4v) is 1.63. The number of carbonyl (C=O) groups is 1. The number of methoxy groups -OCH3 is 1. The van der Waals surface area contributed by atoms with E-state index < -0.39 is 5.97 Å². The van der Waals surface area contributed by atoms with Gasteiger partial charge >= 0.3 is 5.97 Å². The lowest BCUT2D eigenvalue weighted by molar-refractivity contribution is 0.0645. The maximum absolute atomic E-state index is 11.0. The van der Waals surface area contributed by atoms with Gasteiger partial charge in [0, 0.05) is 11.5 Å². The number of benzene rings is 1. The molecule has 1 aromatic carbocycles. The van der Waals surface area contributed by atoms with Crippen LogP contribution >= 0.6 is 0 Å². The number of hydrogen-bond donors (Lipinski definition) is 1. The molecule has 0 aliphatic carbocycles. The molecule has 1 heterocycles. The van der Waals surface area contributed by atoms with Gasteiger partial charge in [-0.05, 0) is 18.2 Å². The minimum absolute atomic E-state index is 0.0887. The minimum Gasteiger partial charge on any atom is -0.497 e. The third-order valence-corrected chi connectivity index (χ3v) is 2.37. The summed E-state index contributed by atoms with van der Waals surface area (Å²) in [5.74, 6) is -0.377. The number of nitrogens with zero attached hydrogens (tertiary/aromatic N) is 1. The zero-order valence-corrected chi connectivity index (χ0v) is 8.93. The van der Waals surface area contributed by atoms with E-state index in [4.69, 9.17) is 14.7 Å². The highest BCUT2D eigenvalue weighted by Gasteiger charge is 2.15. The van der Waals surface area contributed by atoms with Crippen molar-refractivity contribution in [1.29, 1.82) is 0 Å². The maximum Gasteiger partial charge on any atom is 0.356 e. The fourth-order valence-electron chi connectivity index (χ4n) is 1.63. The molecule has 1 aromatic heterocycles. The highest BCUT2D eigenvalue weighted by molar-refractivity contribution is 5.94. The lowest BCUT2D eigenvalue weighted by Gasteiger charge is -2.06. The number of ether oxygens (including phenoxy) is 1. The summed E-state index contributed by atoms with van der Waals surface area (Å²) in [6.45, 7) is 0. The normalized spacial score (nSPS) is 10.4. The van der Waals surface area contributed by atoms with Crippen LogP contribution in [0.2, 0.25) is 0 Å². The quantitative estimate of drug-likeness (QED) is 0.851. The van der Waals surface area contributed by atoms with Crippen molar-refractivity contribution in [2.45, 2.75) is 0 Å². The van der Waals surface area contributed by atoms with Gasteiger partial charge in [-0.25, -0.2) is 4.79 Å². The van der Waals surface area contributed by atoms with E-state index in [0.717, 1.165) is 5.39 Å². The highest BCUT2D eigenvalue weighted by atomic mass is 16.6. The average molecular weight is 221 g/mol. The Morgan fingerprint density at radius 1 is 1.31 bits per heavy atom. The SMILES string of the molecule is COc1ccc2cc(C(=O)O)n(OC)c2c1. The summed E-state index contributed by atoms with van der Waals surface area (Å²) >= 11 is 0. The van der Waals surface area contributed by atoms with Crippen LogP contribution in [0.3, 0.4) is 0 Å². The molecule has 0 saturated heterocycles. The topological polar surface area (TPSA) is 60.7 Å². The van der Waals surface area contributed by atoms with E-state index in [1.54, 1.807) is 31.4 Å². The molecule has 0 radical (unpaired) electrons. The Labute approximate surface area is 91.8 Å². The van der Waals surface area contributed by atoms with Crippen molar-refractivity contribution in [2.24, 2.45) is 0 Å². The third kappa shape index (κ3) is 1.46. The molecule has 2 aromatic rings. The second-order valence-electron chi connectivity index (χ2n) is 3.24. The largest absolute Gasteiger partial charge is 0.497 e. The lowest BCUT2D eigenvalue weighted by atomic mass is 10.2. The molecule has 0 aliphatic rings. The molecule has 0 spiro atoms. The van der Waals surface area contributed by atoms with Crippen molar-refractivity contribution in [3.63, 3.8) is 0 Å². The highest BCUT2D eigenvalue weighted by Crippen LogP contribution is 2.23. The Morgan fingerprint density at radius 3 is 2.62 bits per heavy atom. The summed E-state index contributed by atoms with van der Waals surface area (Å²) in [4.78, 5) is 16.0. The van der Waals surface area contributed by atoms with Gasteiger partial charge in [-0.3, -0.25) is 0 Å². The van der Waals surface area contributed by atoms with Crippen LogP contribution < -0.4 is 9.57 Å². The third-order valence-electron chi connectivity index (χ3n) is 2.37. The number of rotatable bonds is 3. The Morgan fingerprint density at radius 2 is 2.06 bits per heavy atom. The van der Waals surface area contributed by atoms with E-state index in [1.807, 2.05) is 0 Å². The number of carboxylic acids is 1. The molecule has 1 N–H and O–H groups in total. The number of aromatic carboxylic acids is 1. The summed E-state index contributed by atoms with van der Waals surface area (Å²) in [7, 11) is 2.98. The van der Waals surface area contributed by atoms with Crippen molar-refractivity contribution in [3.05, 3.63) is 30.0 Å². The van der Waals surface area contributed by atoms with Crippen LogP contribution in [-0.4, -0.2) is 30.0 Å². The van der Waals surface area contributed by atoms with Gasteiger partial charge in [0.05, 0.1) is 12.6 Å². The van der Waals surface area contributed by atoms with Gasteiger partial charge in [0.25, 0.3) is 0 Å². The first kappa shape index (κ1) is 10.4. The first-order chi connectivity index (χ1) is 7.67. The fraction of sp³-hybridized carbons (Fsp3) is 0.182. The van der Waals surface area contributed by atoms with Gasteiger partial charge in [0.2, 0.25) is 0 Å². The summed E-state index contributed by atoms with van der Waals surface area (Å²) in [5, 5.41) is 9.78. The maximum atomic E-state index is 11.0. The van der Waals surface area contributed by atoms with E-state index >= 15 is 0 Å². The van der Waals surface area contributed by atoms with Crippen molar-refractivity contribution in [3.8, 4) is 5.75 Å². The smallest absolute Gasteiger partial charge is 0.356 e. The standard InChI is InChI=1S/C11H11NO4/c1-15-8-4-3-7-5-10(11(13)14)12(16-2)9(7)6-8/h3-6H,1-2H3,(H,13,14). The molecule has 16 heavy (non-hydrogen) atoms. The Kier molecular flexibility index (Phi) is 2.44. The Balaban J connectivity index is 2.73. The Hall–Kier alpha value is -2.17. The monoisotopic (exact) mass is 221 g/mol. The lowest BCUT2D eigenvalue weighted by Crippen LogP contribution is -2.13. The van der Waals surface area contributed by atoms with E-state index in [0.29, 0.717) is 11.3 Å². The van der Waals surface area contributed by atoms with Gasteiger partial charge in [0.15, 0.2) is 5.69 Å². The molecular formula is C11H11NO4. The minimum atomic E-state index is -1.03. The molecule has 0 amide bonds. The molecule has 0 unspecified atom stereocenters. The number of carboxylic acid groups (broad SMARTS) is 1. The summed E-state index contributed by atoms with van der Waals surface area (Å²) in [6.07, 6.45) is 0.